The van der Waals surface area contributed by atoms with E-state index in [9.17, 15) is 0 Å². The first-order valence-electron chi connectivity index (χ1n) is 4.06. The largest absolute Gasteiger partial charge is 0.327 e. The third-order valence-corrected chi connectivity index (χ3v) is 3.39. The maximum Gasteiger partial charge on any atom is 0.0159 e. The topological polar surface area (TPSA) is 26.0 Å². The van der Waals surface area contributed by atoms with Crippen LogP contribution in [0.2, 0.25) is 0 Å². The molecule has 0 amide bonds. The Kier molecular flexibility index (Phi) is 1.06. The van der Waals surface area contributed by atoms with Crippen molar-refractivity contribution in [2.24, 2.45) is 23.0 Å². The van der Waals surface area contributed by atoms with Gasteiger partial charge < -0.3 is 5.73 Å². The molecule has 2 rings (SSSR count). The molecule has 2 aliphatic carbocycles. The monoisotopic (exact) mass is 137 g/mol. The summed E-state index contributed by atoms with van der Waals surface area (Å²) in [7, 11) is 0. The van der Waals surface area contributed by atoms with Crippen LogP contribution in [0.25, 0.3) is 0 Å². The minimum Gasteiger partial charge on any atom is -0.327 e. The van der Waals surface area contributed by atoms with Gasteiger partial charge in [-0.05, 0) is 23.7 Å². The molecule has 2 bridgehead atoms. The second-order valence-electron chi connectivity index (χ2n) is 4.24. The molecule has 2 aliphatic rings. The van der Waals surface area contributed by atoms with Crippen molar-refractivity contribution in [2.75, 3.05) is 0 Å². The van der Waals surface area contributed by atoms with Crippen LogP contribution in [0.3, 0.4) is 0 Å². The van der Waals surface area contributed by atoms with Crippen LogP contribution in [0.15, 0.2) is 12.2 Å². The number of rotatable bonds is 0. The molecule has 0 heterocycles. The highest BCUT2D eigenvalue weighted by molar-refractivity contribution is 5.18. The number of hydrogen-bond acceptors (Lipinski definition) is 1. The third-order valence-electron chi connectivity index (χ3n) is 3.39. The van der Waals surface area contributed by atoms with Gasteiger partial charge in [-0.2, -0.15) is 0 Å². The molecule has 0 aromatic carbocycles. The summed E-state index contributed by atoms with van der Waals surface area (Å²) in [6, 6.07) is 0.405. The predicted molar refractivity (Wildman–Crippen MR) is 42.5 cm³/mol. The standard InChI is InChI=1S/C9H15N/c1-9(2)7-4-3-6(5-7)8(9)10/h3-4,6-8H,5,10H2,1-2H3. The first-order valence-corrected chi connectivity index (χ1v) is 4.06. The summed E-state index contributed by atoms with van der Waals surface area (Å²) in [5.74, 6) is 1.44. The molecule has 0 aromatic heterocycles. The molecule has 1 heteroatoms. The van der Waals surface area contributed by atoms with Crippen molar-refractivity contribution in [3.63, 3.8) is 0 Å². The summed E-state index contributed by atoms with van der Waals surface area (Å²) in [4.78, 5) is 0. The fourth-order valence-electron chi connectivity index (χ4n) is 2.34. The fourth-order valence-corrected chi connectivity index (χ4v) is 2.34. The Balaban J connectivity index is 2.35. The quantitative estimate of drug-likeness (QED) is 0.504. The normalized spacial score (nSPS) is 48.5. The van der Waals surface area contributed by atoms with Crippen LogP contribution in [0, 0.1) is 17.3 Å². The first kappa shape index (κ1) is 6.41. The van der Waals surface area contributed by atoms with Gasteiger partial charge in [0.25, 0.3) is 0 Å². The maximum atomic E-state index is 6.05. The molecule has 1 nitrogen and oxygen atoms in total. The lowest BCUT2D eigenvalue weighted by Crippen LogP contribution is -2.40. The molecular formula is C9H15N. The van der Waals surface area contributed by atoms with Gasteiger partial charge >= 0.3 is 0 Å². The van der Waals surface area contributed by atoms with Gasteiger partial charge in [0.1, 0.15) is 0 Å². The molecule has 1 fully saturated rings. The van der Waals surface area contributed by atoms with Gasteiger partial charge in [-0.15, -0.1) is 0 Å². The van der Waals surface area contributed by atoms with Crippen LogP contribution in [-0.4, -0.2) is 6.04 Å². The molecule has 0 spiro atoms. The Morgan fingerprint density at radius 1 is 1.40 bits per heavy atom. The van der Waals surface area contributed by atoms with Crippen LogP contribution < -0.4 is 5.73 Å². The van der Waals surface area contributed by atoms with E-state index in [1.807, 2.05) is 0 Å². The van der Waals surface area contributed by atoms with E-state index in [2.05, 4.69) is 26.0 Å². The van der Waals surface area contributed by atoms with Gasteiger partial charge in [0.2, 0.25) is 0 Å². The summed E-state index contributed by atoms with van der Waals surface area (Å²) in [6.45, 7) is 4.57. The van der Waals surface area contributed by atoms with Gasteiger partial charge in [-0.3, -0.25) is 0 Å². The van der Waals surface area contributed by atoms with Gasteiger partial charge in [0.15, 0.2) is 0 Å². The SMILES string of the molecule is CC1(C)C2C=CC(C2)C1N. The van der Waals surface area contributed by atoms with E-state index in [1.54, 1.807) is 0 Å². The minimum atomic E-state index is 0.361. The van der Waals surface area contributed by atoms with E-state index < -0.39 is 0 Å². The highest BCUT2D eigenvalue weighted by atomic mass is 14.8. The van der Waals surface area contributed by atoms with Crippen molar-refractivity contribution in [3.8, 4) is 0 Å². The maximum absolute atomic E-state index is 6.05. The third kappa shape index (κ3) is 0.567. The Hall–Kier alpha value is -0.300. The number of hydrogen-bond donors (Lipinski definition) is 1. The summed E-state index contributed by atoms with van der Waals surface area (Å²) >= 11 is 0. The molecule has 1 saturated carbocycles. The molecular weight excluding hydrogens is 122 g/mol. The van der Waals surface area contributed by atoms with Gasteiger partial charge in [0, 0.05) is 6.04 Å². The molecule has 10 heavy (non-hydrogen) atoms. The molecule has 0 aromatic rings. The summed E-state index contributed by atoms with van der Waals surface area (Å²) in [5, 5.41) is 0. The number of nitrogens with two attached hydrogens (primary N) is 1. The number of fused-ring (bicyclic) bond motifs is 2. The van der Waals surface area contributed by atoms with E-state index in [1.165, 1.54) is 6.42 Å². The van der Waals surface area contributed by atoms with Gasteiger partial charge in [0.05, 0.1) is 0 Å². The molecule has 0 aliphatic heterocycles. The van der Waals surface area contributed by atoms with Crippen molar-refractivity contribution in [1.82, 2.24) is 0 Å². The summed E-state index contributed by atoms with van der Waals surface area (Å²) in [6.07, 6.45) is 5.93. The Labute approximate surface area is 62.3 Å². The second-order valence-corrected chi connectivity index (χ2v) is 4.24. The van der Waals surface area contributed by atoms with Crippen LogP contribution in [0.1, 0.15) is 20.3 Å². The highest BCUT2D eigenvalue weighted by Crippen LogP contribution is 2.50. The number of allylic oxidation sites excluding steroid dienone is 1. The Morgan fingerprint density at radius 3 is 2.40 bits per heavy atom. The van der Waals surface area contributed by atoms with Crippen molar-refractivity contribution in [2.45, 2.75) is 26.3 Å². The van der Waals surface area contributed by atoms with Gasteiger partial charge in [-0.1, -0.05) is 26.0 Å². The second kappa shape index (κ2) is 1.65. The smallest absolute Gasteiger partial charge is 0.0159 e. The average Bonchev–Trinajstić information content (AvgIpc) is 2.37. The molecule has 2 N–H and O–H groups in total. The lowest BCUT2D eigenvalue weighted by atomic mass is 9.76. The lowest BCUT2D eigenvalue weighted by molar-refractivity contribution is 0.257. The van der Waals surface area contributed by atoms with E-state index in [-0.39, 0.29) is 0 Å². The molecule has 56 valence electrons. The summed E-state index contributed by atoms with van der Waals surface area (Å²) in [5.41, 5.74) is 6.41. The van der Waals surface area contributed by atoms with Crippen LogP contribution >= 0.6 is 0 Å². The Morgan fingerprint density at radius 2 is 2.10 bits per heavy atom. The predicted octanol–water partition coefficient (Wildman–Crippen LogP) is 1.55. The minimum absolute atomic E-state index is 0.361. The van der Waals surface area contributed by atoms with Crippen molar-refractivity contribution in [1.29, 1.82) is 0 Å². The van der Waals surface area contributed by atoms with Crippen molar-refractivity contribution < 1.29 is 0 Å². The fraction of sp³-hybridized carbons (Fsp3) is 0.778. The van der Waals surface area contributed by atoms with Crippen LogP contribution in [0.5, 0.6) is 0 Å². The lowest BCUT2D eigenvalue weighted by Gasteiger charge is -2.32. The van der Waals surface area contributed by atoms with E-state index in [0.29, 0.717) is 17.4 Å². The molecule has 3 atom stereocenters. The zero-order chi connectivity index (χ0) is 7.35. The van der Waals surface area contributed by atoms with Crippen LogP contribution in [0.4, 0.5) is 0 Å². The van der Waals surface area contributed by atoms with E-state index in [0.717, 1.165) is 5.92 Å². The molecule has 0 radical (unpaired) electrons. The van der Waals surface area contributed by atoms with Crippen molar-refractivity contribution in [3.05, 3.63) is 12.2 Å². The summed E-state index contributed by atoms with van der Waals surface area (Å²) < 4.78 is 0. The highest BCUT2D eigenvalue weighted by Gasteiger charge is 2.47. The van der Waals surface area contributed by atoms with Crippen LogP contribution in [-0.2, 0) is 0 Å². The zero-order valence-corrected chi connectivity index (χ0v) is 6.67. The molecule has 0 saturated heterocycles. The van der Waals surface area contributed by atoms with E-state index in [4.69, 9.17) is 5.73 Å². The molecule has 3 unspecified atom stereocenters. The van der Waals surface area contributed by atoms with Crippen molar-refractivity contribution >= 4 is 0 Å². The average molecular weight is 137 g/mol. The first-order chi connectivity index (χ1) is 4.62. The van der Waals surface area contributed by atoms with E-state index >= 15 is 0 Å². The zero-order valence-electron chi connectivity index (χ0n) is 6.67. The van der Waals surface area contributed by atoms with Gasteiger partial charge in [-0.25, -0.2) is 0 Å². The Bertz CT molecular complexity index is 181.